The SMILES string of the molecule is CC[C@@H](NC(=O)NCC1CCC(=O)N1)C(=O)O. The van der Waals surface area contributed by atoms with Gasteiger partial charge in [-0.3, -0.25) is 4.79 Å². The topological polar surface area (TPSA) is 108 Å². The van der Waals surface area contributed by atoms with Crippen LogP contribution in [0.25, 0.3) is 0 Å². The predicted molar refractivity (Wildman–Crippen MR) is 59.4 cm³/mol. The first-order valence-electron chi connectivity index (χ1n) is 5.59. The van der Waals surface area contributed by atoms with E-state index in [4.69, 9.17) is 5.11 Å². The Bertz CT molecular complexity index is 319. The van der Waals surface area contributed by atoms with Crippen LogP contribution < -0.4 is 16.0 Å². The second kappa shape index (κ2) is 6.07. The molecule has 0 radical (unpaired) electrons. The van der Waals surface area contributed by atoms with E-state index in [1.54, 1.807) is 6.92 Å². The van der Waals surface area contributed by atoms with Crippen LogP contribution in [-0.2, 0) is 9.59 Å². The molecular formula is C10H17N3O4. The Hall–Kier alpha value is -1.79. The standard InChI is InChI=1S/C10H17N3O4/c1-2-7(9(15)16)13-10(17)11-5-6-3-4-8(14)12-6/h6-7H,2-5H2,1H3,(H,12,14)(H,15,16)(H2,11,13,17)/t6?,7-/m1/s1. The van der Waals surface area contributed by atoms with E-state index in [1.807, 2.05) is 0 Å². The van der Waals surface area contributed by atoms with E-state index in [9.17, 15) is 14.4 Å². The van der Waals surface area contributed by atoms with Gasteiger partial charge >= 0.3 is 12.0 Å². The molecule has 1 fully saturated rings. The van der Waals surface area contributed by atoms with Crippen LogP contribution in [0.4, 0.5) is 4.79 Å². The van der Waals surface area contributed by atoms with E-state index in [1.165, 1.54) is 0 Å². The Kier molecular flexibility index (Phi) is 4.74. The molecule has 17 heavy (non-hydrogen) atoms. The number of carbonyl (C=O) groups excluding carboxylic acids is 2. The van der Waals surface area contributed by atoms with Crippen LogP contribution in [0.2, 0.25) is 0 Å². The van der Waals surface area contributed by atoms with Crippen molar-refractivity contribution in [1.29, 1.82) is 0 Å². The highest BCUT2D eigenvalue weighted by molar-refractivity contribution is 5.82. The highest BCUT2D eigenvalue weighted by Gasteiger charge is 2.22. The molecule has 0 aliphatic carbocycles. The third-order valence-electron chi connectivity index (χ3n) is 2.61. The van der Waals surface area contributed by atoms with Crippen LogP contribution >= 0.6 is 0 Å². The summed E-state index contributed by atoms with van der Waals surface area (Å²) < 4.78 is 0. The normalized spacial score (nSPS) is 20.5. The van der Waals surface area contributed by atoms with Crippen molar-refractivity contribution >= 4 is 17.9 Å². The highest BCUT2D eigenvalue weighted by atomic mass is 16.4. The van der Waals surface area contributed by atoms with Crippen molar-refractivity contribution in [3.8, 4) is 0 Å². The largest absolute Gasteiger partial charge is 0.480 e. The van der Waals surface area contributed by atoms with Gasteiger partial charge in [-0.2, -0.15) is 0 Å². The van der Waals surface area contributed by atoms with Gasteiger partial charge in [-0.05, 0) is 12.8 Å². The molecule has 1 heterocycles. The monoisotopic (exact) mass is 243 g/mol. The van der Waals surface area contributed by atoms with Crippen molar-refractivity contribution < 1.29 is 19.5 Å². The van der Waals surface area contributed by atoms with Crippen LogP contribution in [0.5, 0.6) is 0 Å². The summed E-state index contributed by atoms with van der Waals surface area (Å²) in [5.74, 6) is -1.08. The lowest BCUT2D eigenvalue weighted by Gasteiger charge is -2.15. The number of carboxylic acid groups (broad SMARTS) is 1. The second-order valence-corrected chi connectivity index (χ2v) is 3.96. The van der Waals surface area contributed by atoms with Gasteiger partial charge in [0.2, 0.25) is 5.91 Å². The molecule has 1 aliphatic rings. The maximum absolute atomic E-state index is 11.4. The van der Waals surface area contributed by atoms with Gasteiger partial charge in [-0.15, -0.1) is 0 Å². The smallest absolute Gasteiger partial charge is 0.326 e. The Balaban J connectivity index is 2.25. The molecule has 3 amide bonds. The molecule has 2 atom stereocenters. The van der Waals surface area contributed by atoms with E-state index in [2.05, 4.69) is 16.0 Å². The molecule has 0 saturated carbocycles. The number of hydrogen-bond donors (Lipinski definition) is 4. The summed E-state index contributed by atoms with van der Waals surface area (Å²) >= 11 is 0. The average Bonchev–Trinajstić information content (AvgIpc) is 2.68. The number of amides is 3. The van der Waals surface area contributed by atoms with Crippen molar-refractivity contribution in [1.82, 2.24) is 16.0 Å². The number of carboxylic acids is 1. The molecule has 1 unspecified atom stereocenters. The molecule has 0 spiro atoms. The average molecular weight is 243 g/mol. The first-order chi connectivity index (χ1) is 8.02. The number of hydrogen-bond acceptors (Lipinski definition) is 3. The van der Waals surface area contributed by atoms with Gasteiger partial charge in [-0.25, -0.2) is 9.59 Å². The Morgan fingerprint density at radius 3 is 2.76 bits per heavy atom. The van der Waals surface area contributed by atoms with Gasteiger partial charge in [0.1, 0.15) is 6.04 Å². The molecule has 7 heteroatoms. The summed E-state index contributed by atoms with van der Waals surface area (Å²) in [4.78, 5) is 32.9. The molecule has 1 rings (SSSR count). The fourth-order valence-corrected chi connectivity index (χ4v) is 1.59. The van der Waals surface area contributed by atoms with E-state index < -0.39 is 18.0 Å². The molecule has 1 saturated heterocycles. The van der Waals surface area contributed by atoms with Gasteiger partial charge in [0.25, 0.3) is 0 Å². The Morgan fingerprint density at radius 2 is 2.29 bits per heavy atom. The summed E-state index contributed by atoms with van der Waals surface area (Å²) in [6.07, 6.45) is 1.48. The lowest BCUT2D eigenvalue weighted by molar-refractivity contribution is -0.139. The van der Waals surface area contributed by atoms with E-state index in [-0.39, 0.29) is 11.9 Å². The number of nitrogens with one attached hydrogen (secondary N) is 3. The maximum atomic E-state index is 11.4. The zero-order chi connectivity index (χ0) is 12.8. The van der Waals surface area contributed by atoms with Crippen molar-refractivity contribution in [3.63, 3.8) is 0 Å². The lowest BCUT2D eigenvalue weighted by Crippen LogP contribution is -2.48. The summed E-state index contributed by atoms with van der Waals surface area (Å²) in [5.41, 5.74) is 0. The van der Waals surface area contributed by atoms with Crippen molar-refractivity contribution in [3.05, 3.63) is 0 Å². The minimum Gasteiger partial charge on any atom is -0.480 e. The zero-order valence-electron chi connectivity index (χ0n) is 9.66. The van der Waals surface area contributed by atoms with Gasteiger partial charge in [0.05, 0.1) is 0 Å². The first-order valence-corrected chi connectivity index (χ1v) is 5.59. The van der Waals surface area contributed by atoms with Gasteiger partial charge in [0, 0.05) is 19.0 Å². The first kappa shape index (κ1) is 13.3. The van der Waals surface area contributed by atoms with E-state index in [0.29, 0.717) is 25.8 Å². The van der Waals surface area contributed by atoms with Crippen LogP contribution in [0.3, 0.4) is 0 Å². The molecule has 1 aliphatic heterocycles. The minimum atomic E-state index is -1.06. The van der Waals surface area contributed by atoms with Crippen molar-refractivity contribution in [2.75, 3.05) is 6.54 Å². The second-order valence-electron chi connectivity index (χ2n) is 3.96. The summed E-state index contributed by atoms with van der Waals surface area (Å²) in [6, 6.07) is -1.47. The highest BCUT2D eigenvalue weighted by Crippen LogP contribution is 2.04. The van der Waals surface area contributed by atoms with Gasteiger partial charge in [-0.1, -0.05) is 6.92 Å². The molecule has 0 aromatic carbocycles. The van der Waals surface area contributed by atoms with Gasteiger partial charge < -0.3 is 21.1 Å². The Morgan fingerprint density at radius 1 is 1.59 bits per heavy atom. The van der Waals surface area contributed by atoms with Crippen LogP contribution in [0.15, 0.2) is 0 Å². The molecule has 0 bridgehead atoms. The molecule has 0 aromatic rings. The van der Waals surface area contributed by atoms with Crippen molar-refractivity contribution in [2.45, 2.75) is 38.3 Å². The number of rotatable bonds is 5. The third-order valence-corrected chi connectivity index (χ3v) is 2.61. The lowest BCUT2D eigenvalue weighted by atomic mass is 10.2. The van der Waals surface area contributed by atoms with E-state index >= 15 is 0 Å². The summed E-state index contributed by atoms with van der Waals surface area (Å²) in [6.45, 7) is 1.99. The van der Waals surface area contributed by atoms with Crippen LogP contribution in [-0.4, -0.2) is 41.6 Å². The predicted octanol–water partition coefficient (Wildman–Crippen LogP) is -0.573. The maximum Gasteiger partial charge on any atom is 0.326 e. The van der Waals surface area contributed by atoms with Crippen LogP contribution in [0.1, 0.15) is 26.2 Å². The number of urea groups is 1. The summed E-state index contributed by atoms with van der Waals surface area (Å²) in [7, 11) is 0. The van der Waals surface area contributed by atoms with Gasteiger partial charge in [0.15, 0.2) is 0 Å². The number of aliphatic carboxylic acids is 1. The Labute approximate surface area is 98.9 Å². The molecule has 4 N–H and O–H groups in total. The number of carbonyl (C=O) groups is 3. The van der Waals surface area contributed by atoms with E-state index in [0.717, 1.165) is 0 Å². The minimum absolute atomic E-state index is 0.0193. The zero-order valence-corrected chi connectivity index (χ0v) is 9.66. The molecular weight excluding hydrogens is 226 g/mol. The van der Waals surface area contributed by atoms with Crippen LogP contribution in [0, 0.1) is 0 Å². The summed E-state index contributed by atoms with van der Waals surface area (Å²) in [5, 5.41) is 16.3. The quantitative estimate of drug-likeness (QED) is 0.518. The molecule has 96 valence electrons. The fourth-order valence-electron chi connectivity index (χ4n) is 1.59. The molecule has 7 nitrogen and oxygen atoms in total. The molecule has 0 aromatic heterocycles. The fraction of sp³-hybridized carbons (Fsp3) is 0.700. The third kappa shape index (κ3) is 4.29. The van der Waals surface area contributed by atoms with Crippen molar-refractivity contribution in [2.24, 2.45) is 0 Å².